The first-order valence-electron chi connectivity index (χ1n) is 11.0. The van der Waals surface area contributed by atoms with Crippen LogP contribution in [0.2, 0.25) is 0 Å². The number of carbonyl (C=O) groups excluding carboxylic acids is 3. The lowest BCUT2D eigenvalue weighted by Crippen LogP contribution is -2.44. The molecule has 36 heavy (non-hydrogen) atoms. The molecule has 0 saturated heterocycles. The van der Waals surface area contributed by atoms with Gasteiger partial charge in [0.05, 0.1) is 34.1 Å². The van der Waals surface area contributed by atoms with Gasteiger partial charge in [0.15, 0.2) is 6.61 Å². The Morgan fingerprint density at radius 1 is 1.03 bits per heavy atom. The van der Waals surface area contributed by atoms with E-state index >= 15 is 0 Å². The molecule has 3 aromatic carbocycles. The first-order chi connectivity index (χ1) is 17.3. The largest absolute Gasteiger partial charge is 0.452 e. The highest BCUT2D eigenvalue weighted by Crippen LogP contribution is 2.29. The van der Waals surface area contributed by atoms with Gasteiger partial charge in [-0.1, -0.05) is 42.5 Å². The van der Waals surface area contributed by atoms with E-state index in [4.69, 9.17) is 4.74 Å². The maximum atomic E-state index is 13.3. The number of nitrogens with zero attached hydrogens (tertiary/aromatic N) is 2. The molecule has 3 aromatic rings. The van der Waals surface area contributed by atoms with Gasteiger partial charge in [-0.15, -0.1) is 6.58 Å². The number of nitrogens with one attached hydrogen (secondary N) is 1. The van der Waals surface area contributed by atoms with Gasteiger partial charge in [-0.2, -0.15) is 0 Å². The Balaban J connectivity index is 1.50. The summed E-state index contributed by atoms with van der Waals surface area (Å²) in [6.07, 6.45) is 1.47. The van der Waals surface area contributed by atoms with Gasteiger partial charge in [-0.3, -0.25) is 18.8 Å². The molecule has 0 spiro atoms. The Morgan fingerprint density at radius 2 is 1.75 bits per heavy atom. The molecule has 0 fully saturated rings. The SMILES string of the molecule is C=CCN(c1ccccc1)S(=O)(=O)c1cccc(C(=O)OCC(=O)N2CC(=O)Nc3ccccc32)c1. The third-order valence-electron chi connectivity index (χ3n) is 5.40. The molecule has 0 aromatic heterocycles. The number of amides is 2. The van der Waals surface area contributed by atoms with E-state index in [0.29, 0.717) is 17.1 Å². The van der Waals surface area contributed by atoms with Crippen LogP contribution >= 0.6 is 0 Å². The zero-order valence-corrected chi connectivity index (χ0v) is 20.0. The maximum absolute atomic E-state index is 13.3. The Morgan fingerprint density at radius 3 is 2.50 bits per heavy atom. The molecule has 0 atom stereocenters. The van der Waals surface area contributed by atoms with Crippen LogP contribution in [0.5, 0.6) is 0 Å². The van der Waals surface area contributed by atoms with Crippen molar-refractivity contribution in [2.24, 2.45) is 0 Å². The second-order valence-electron chi connectivity index (χ2n) is 7.81. The lowest BCUT2D eigenvalue weighted by molar-refractivity contribution is -0.124. The van der Waals surface area contributed by atoms with E-state index in [1.54, 1.807) is 54.6 Å². The van der Waals surface area contributed by atoms with Gasteiger partial charge < -0.3 is 10.1 Å². The lowest BCUT2D eigenvalue weighted by atomic mass is 10.2. The molecule has 1 heterocycles. The first kappa shape index (κ1) is 24.7. The van der Waals surface area contributed by atoms with Gasteiger partial charge in [0.2, 0.25) is 5.91 Å². The molecule has 0 saturated carbocycles. The number of ether oxygens (including phenoxy) is 1. The zero-order chi connectivity index (χ0) is 25.7. The van der Waals surface area contributed by atoms with Crippen molar-refractivity contribution >= 4 is 44.9 Å². The Hall–Kier alpha value is -4.44. The van der Waals surface area contributed by atoms with Gasteiger partial charge in [0.25, 0.3) is 15.9 Å². The van der Waals surface area contributed by atoms with Crippen molar-refractivity contribution in [1.82, 2.24) is 0 Å². The van der Waals surface area contributed by atoms with Gasteiger partial charge in [-0.05, 0) is 42.5 Å². The predicted molar refractivity (Wildman–Crippen MR) is 135 cm³/mol. The quantitative estimate of drug-likeness (QED) is 0.372. The van der Waals surface area contributed by atoms with Crippen LogP contribution in [-0.2, 0) is 24.3 Å². The molecule has 0 aliphatic carbocycles. The fourth-order valence-electron chi connectivity index (χ4n) is 3.71. The third-order valence-corrected chi connectivity index (χ3v) is 7.19. The van der Waals surface area contributed by atoms with E-state index in [2.05, 4.69) is 11.9 Å². The van der Waals surface area contributed by atoms with Crippen molar-refractivity contribution in [2.75, 3.05) is 34.2 Å². The highest BCUT2D eigenvalue weighted by Gasteiger charge is 2.28. The number of sulfonamides is 1. The summed E-state index contributed by atoms with van der Waals surface area (Å²) in [6, 6.07) is 20.7. The Labute approximate surface area is 208 Å². The van der Waals surface area contributed by atoms with Crippen LogP contribution in [-0.4, -0.2) is 45.9 Å². The topological polar surface area (TPSA) is 113 Å². The summed E-state index contributed by atoms with van der Waals surface area (Å²) in [4.78, 5) is 38.5. The molecule has 184 valence electrons. The fraction of sp³-hybridized carbons (Fsp3) is 0.115. The fourth-order valence-corrected chi connectivity index (χ4v) is 5.19. The summed E-state index contributed by atoms with van der Waals surface area (Å²) in [7, 11) is -4.03. The van der Waals surface area contributed by atoms with Crippen molar-refractivity contribution in [3.63, 3.8) is 0 Å². The van der Waals surface area contributed by atoms with Crippen molar-refractivity contribution < 1.29 is 27.5 Å². The smallest absolute Gasteiger partial charge is 0.338 e. The van der Waals surface area contributed by atoms with Crippen LogP contribution in [0.3, 0.4) is 0 Å². The minimum absolute atomic E-state index is 0.0282. The number of hydrogen-bond donors (Lipinski definition) is 1. The normalized spacial score (nSPS) is 12.8. The highest BCUT2D eigenvalue weighted by atomic mass is 32.2. The molecule has 1 aliphatic heterocycles. The molecule has 9 nitrogen and oxygen atoms in total. The lowest BCUT2D eigenvalue weighted by Gasteiger charge is -2.28. The Kier molecular flexibility index (Phi) is 7.16. The number of rotatable bonds is 8. The average Bonchev–Trinajstić information content (AvgIpc) is 2.90. The van der Waals surface area contributed by atoms with E-state index < -0.39 is 28.5 Å². The van der Waals surface area contributed by atoms with Crippen molar-refractivity contribution in [3.05, 3.63) is 97.1 Å². The van der Waals surface area contributed by atoms with Gasteiger partial charge in [-0.25, -0.2) is 13.2 Å². The molecular weight excluding hydrogens is 482 g/mol. The van der Waals surface area contributed by atoms with Crippen LogP contribution in [0.15, 0.2) is 96.4 Å². The van der Waals surface area contributed by atoms with Gasteiger partial charge in [0.1, 0.15) is 6.54 Å². The number of carbonyl (C=O) groups is 3. The zero-order valence-electron chi connectivity index (χ0n) is 19.2. The van der Waals surface area contributed by atoms with Crippen molar-refractivity contribution in [2.45, 2.75) is 4.90 Å². The molecular formula is C26H23N3O6S. The summed E-state index contributed by atoms with van der Waals surface area (Å²) in [5, 5.41) is 2.68. The Bertz CT molecular complexity index is 1420. The number of anilines is 3. The standard InChI is InChI=1S/C26H23N3O6S/c1-2-15-29(20-10-4-3-5-11-20)36(33,34)21-12-8-9-19(16-21)26(32)35-18-25(31)28-17-24(30)27-22-13-6-7-14-23(22)28/h2-14,16H,1,15,17-18H2,(H,27,30). The highest BCUT2D eigenvalue weighted by molar-refractivity contribution is 7.92. The van der Waals surface area contributed by atoms with Crippen molar-refractivity contribution in [3.8, 4) is 0 Å². The number of para-hydroxylation sites is 3. The number of hydrogen-bond acceptors (Lipinski definition) is 6. The average molecular weight is 506 g/mol. The maximum Gasteiger partial charge on any atom is 0.338 e. The van der Waals surface area contributed by atoms with Crippen LogP contribution in [0, 0.1) is 0 Å². The van der Waals surface area contributed by atoms with Crippen LogP contribution in [0.25, 0.3) is 0 Å². The number of fused-ring (bicyclic) bond motifs is 1. The molecule has 4 rings (SSSR count). The van der Waals surface area contributed by atoms with E-state index in [1.807, 2.05) is 0 Å². The van der Waals surface area contributed by atoms with Crippen LogP contribution in [0.1, 0.15) is 10.4 Å². The minimum atomic E-state index is -4.03. The third kappa shape index (κ3) is 5.13. The monoisotopic (exact) mass is 505 g/mol. The second kappa shape index (κ2) is 10.4. The van der Waals surface area contributed by atoms with Gasteiger partial charge in [0, 0.05) is 0 Å². The first-order valence-corrected chi connectivity index (χ1v) is 12.4. The minimum Gasteiger partial charge on any atom is -0.452 e. The number of esters is 1. The summed E-state index contributed by atoms with van der Waals surface area (Å²) in [6.45, 7) is 2.83. The van der Waals surface area contributed by atoms with Crippen LogP contribution < -0.4 is 14.5 Å². The molecule has 10 heteroatoms. The van der Waals surface area contributed by atoms with E-state index in [9.17, 15) is 22.8 Å². The summed E-state index contributed by atoms with van der Waals surface area (Å²) in [5.41, 5.74) is 1.39. The summed E-state index contributed by atoms with van der Waals surface area (Å²) >= 11 is 0. The molecule has 1 N–H and O–H groups in total. The molecule has 0 radical (unpaired) electrons. The van der Waals surface area contributed by atoms with Crippen molar-refractivity contribution in [1.29, 1.82) is 0 Å². The molecule has 2 amide bonds. The predicted octanol–water partition coefficient (Wildman–Crippen LogP) is 3.21. The van der Waals surface area contributed by atoms with E-state index in [1.165, 1.54) is 39.5 Å². The second-order valence-corrected chi connectivity index (χ2v) is 9.67. The molecule has 1 aliphatic rings. The molecule has 0 bridgehead atoms. The van der Waals surface area contributed by atoms with E-state index in [-0.39, 0.29) is 29.5 Å². The molecule has 0 unspecified atom stereocenters. The number of benzene rings is 3. The summed E-state index contributed by atoms with van der Waals surface area (Å²) in [5.74, 6) is -1.82. The van der Waals surface area contributed by atoms with Crippen LogP contribution in [0.4, 0.5) is 17.1 Å². The summed E-state index contributed by atoms with van der Waals surface area (Å²) < 4.78 is 33.0. The van der Waals surface area contributed by atoms with Gasteiger partial charge >= 0.3 is 5.97 Å². The van der Waals surface area contributed by atoms with E-state index in [0.717, 1.165) is 0 Å².